The maximum Gasteiger partial charge on any atom is 0.408 e. The molecule has 0 bridgehead atoms. The summed E-state index contributed by atoms with van der Waals surface area (Å²) in [7, 11) is 1.78. The first-order chi connectivity index (χ1) is 14.3. The van der Waals surface area contributed by atoms with Crippen LogP contribution in [0.15, 0.2) is 48.7 Å². The molecule has 0 spiro atoms. The van der Waals surface area contributed by atoms with Crippen molar-refractivity contribution < 1.29 is 19.1 Å². The first-order valence-electron chi connectivity index (χ1n) is 9.59. The van der Waals surface area contributed by atoms with Gasteiger partial charge in [0.2, 0.25) is 0 Å². The van der Waals surface area contributed by atoms with Crippen LogP contribution in [0.4, 0.5) is 10.6 Å². The van der Waals surface area contributed by atoms with Crippen molar-refractivity contribution in [3.8, 4) is 11.8 Å². The van der Waals surface area contributed by atoms with E-state index in [1.807, 2.05) is 36.4 Å². The molecule has 0 fully saturated rings. The molecule has 1 aromatic carbocycles. The Morgan fingerprint density at radius 3 is 2.47 bits per heavy atom. The van der Waals surface area contributed by atoms with Crippen LogP contribution >= 0.6 is 0 Å². The second kappa shape index (κ2) is 10.9. The lowest BCUT2D eigenvalue weighted by Crippen LogP contribution is -2.44. The molecule has 0 aliphatic heterocycles. The molecule has 158 valence electrons. The quantitative estimate of drug-likeness (QED) is 0.561. The van der Waals surface area contributed by atoms with Gasteiger partial charge in [-0.05, 0) is 38.5 Å². The highest BCUT2D eigenvalue weighted by atomic mass is 16.6. The van der Waals surface area contributed by atoms with Gasteiger partial charge in [-0.2, -0.15) is 0 Å². The highest BCUT2D eigenvalue weighted by Gasteiger charge is 2.25. The van der Waals surface area contributed by atoms with E-state index in [9.17, 15) is 9.59 Å². The minimum atomic E-state index is -0.958. The van der Waals surface area contributed by atoms with E-state index in [0.717, 1.165) is 11.4 Å². The summed E-state index contributed by atoms with van der Waals surface area (Å²) in [6.45, 7) is 5.35. The topological polar surface area (TPSA) is 89.6 Å². The summed E-state index contributed by atoms with van der Waals surface area (Å²) in [4.78, 5) is 28.9. The first kappa shape index (κ1) is 22.8. The molecule has 0 saturated carbocycles. The van der Waals surface area contributed by atoms with Gasteiger partial charge in [-0.3, -0.25) is 0 Å². The SMILES string of the molecule is CNc1ccc(C#CCC(NC(=O)OC(C)(C)C)C(=O)OCc2ccccc2)cn1. The van der Waals surface area contributed by atoms with Gasteiger partial charge in [-0.15, -0.1) is 0 Å². The summed E-state index contributed by atoms with van der Waals surface area (Å²) >= 11 is 0. The zero-order valence-corrected chi connectivity index (χ0v) is 17.7. The van der Waals surface area contributed by atoms with E-state index in [1.54, 1.807) is 40.1 Å². The molecule has 1 unspecified atom stereocenters. The van der Waals surface area contributed by atoms with Crippen molar-refractivity contribution in [2.75, 3.05) is 12.4 Å². The number of hydrogen-bond acceptors (Lipinski definition) is 6. The highest BCUT2D eigenvalue weighted by Crippen LogP contribution is 2.09. The van der Waals surface area contributed by atoms with Gasteiger partial charge in [0.15, 0.2) is 0 Å². The van der Waals surface area contributed by atoms with Gasteiger partial charge in [0.1, 0.15) is 24.1 Å². The zero-order chi connectivity index (χ0) is 22.0. The third-order valence-corrected chi connectivity index (χ3v) is 3.76. The van der Waals surface area contributed by atoms with Crippen LogP contribution in [-0.4, -0.2) is 35.7 Å². The van der Waals surface area contributed by atoms with Crippen LogP contribution in [0.1, 0.15) is 38.3 Å². The lowest BCUT2D eigenvalue weighted by molar-refractivity contribution is -0.147. The predicted molar refractivity (Wildman–Crippen MR) is 115 cm³/mol. The number of amides is 1. The molecule has 0 radical (unpaired) electrons. The number of carbonyl (C=O) groups excluding carboxylic acids is 2. The molecular weight excluding hydrogens is 382 g/mol. The number of carbonyl (C=O) groups is 2. The number of alkyl carbamates (subject to hydrolysis) is 1. The summed E-state index contributed by atoms with van der Waals surface area (Å²) in [6, 6.07) is 12.0. The van der Waals surface area contributed by atoms with Crippen molar-refractivity contribution in [1.82, 2.24) is 10.3 Å². The van der Waals surface area contributed by atoms with E-state index in [4.69, 9.17) is 9.47 Å². The number of nitrogens with one attached hydrogen (secondary N) is 2. The van der Waals surface area contributed by atoms with Gasteiger partial charge >= 0.3 is 12.1 Å². The molecule has 0 saturated heterocycles. The van der Waals surface area contributed by atoms with Crippen molar-refractivity contribution in [1.29, 1.82) is 0 Å². The molecule has 0 aliphatic rings. The Kier molecular flexibility index (Phi) is 8.24. The molecule has 0 aliphatic carbocycles. The van der Waals surface area contributed by atoms with Crippen LogP contribution in [0.3, 0.4) is 0 Å². The van der Waals surface area contributed by atoms with Crippen LogP contribution in [0, 0.1) is 11.8 Å². The summed E-state index contributed by atoms with van der Waals surface area (Å²) in [5.41, 5.74) is 0.862. The third-order valence-electron chi connectivity index (χ3n) is 3.76. The number of hydrogen-bond donors (Lipinski definition) is 2. The number of benzene rings is 1. The lowest BCUT2D eigenvalue weighted by Gasteiger charge is -2.22. The number of nitrogens with zero attached hydrogens (tertiary/aromatic N) is 1. The Hall–Kier alpha value is -3.53. The Labute approximate surface area is 177 Å². The number of anilines is 1. The van der Waals surface area contributed by atoms with Gasteiger partial charge in [0.05, 0.1) is 0 Å². The van der Waals surface area contributed by atoms with E-state index in [0.29, 0.717) is 5.56 Å². The molecule has 7 heteroatoms. The van der Waals surface area contributed by atoms with Crippen molar-refractivity contribution in [3.05, 3.63) is 59.8 Å². The molecular formula is C23H27N3O4. The summed E-state index contributed by atoms with van der Waals surface area (Å²) in [5.74, 6) is 5.99. The third kappa shape index (κ3) is 8.23. The molecule has 1 amide bonds. The number of esters is 1. The van der Waals surface area contributed by atoms with Crippen LogP contribution in [0.5, 0.6) is 0 Å². The van der Waals surface area contributed by atoms with E-state index in [1.165, 1.54) is 0 Å². The number of aromatic nitrogens is 1. The fourth-order valence-electron chi connectivity index (χ4n) is 2.34. The van der Waals surface area contributed by atoms with Gasteiger partial charge in [0, 0.05) is 25.2 Å². The number of pyridine rings is 1. The van der Waals surface area contributed by atoms with Gasteiger partial charge in [-0.1, -0.05) is 42.2 Å². The average molecular weight is 409 g/mol. The lowest BCUT2D eigenvalue weighted by atomic mass is 10.2. The standard InChI is InChI=1S/C23H27N3O4/c1-23(2,3)30-22(28)26-19(21(27)29-16-18-9-6-5-7-10-18)12-8-11-17-13-14-20(24-4)25-15-17/h5-7,9-10,13-15,19H,12,16H2,1-4H3,(H,24,25)(H,26,28). The van der Waals surface area contributed by atoms with Gasteiger partial charge < -0.3 is 20.1 Å². The Balaban J connectivity index is 2.04. The number of rotatable bonds is 6. The summed E-state index contributed by atoms with van der Waals surface area (Å²) in [6.07, 6.45) is 0.995. The van der Waals surface area contributed by atoms with E-state index in [-0.39, 0.29) is 13.0 Å². The molecule has 7 nitrogen and oxygen atoms in total. The second-order valence-electron chi connectivity index (χ2n) is 7.48. The Bertz CT molecular complexity index is 894. The average Bonchev–Trinajstić information content (AvgIpc) is 2.71. The maximum atomic E-state index is 12.6. The van der Waals surface area contributed by atoms with Gasteiger partial charge in [-0.25, -0.2) is 14.6 Å². The van der Waals surface area contributed by atoms with E-state index in [2.05, 4.69) is 27.5 Å². The van der Waals surface area contributed by atoms with Crippen LogP contribution < -0.4 is 10.6 Å². The summed E-state index contributed by atoms with van der Waals surface area (Å²) in [5, 5.41) is 5.48. The zero-order valence-electron chi connectivity index (χ0n) is 17.7. The van der Waals surface area contributed by atoms with E-state index < -0.39 is 23.7 Å². The largest absolute Gasteiger partial charge is 0.459 e. The molecule has 1 heterocycles. The molecule has 2 rings (SSSR count). The van der Waals surface area contributed by atoms with Crippen molar-refractivity contribution in [2.45, 2.75) is 45.4 Å². The van der Waals surface area contributed by atoms with Crippen molar-refractivity contribution in [3.63, 3.8) is 0 Å². The molecule has 1 aromatic heterocycles. The van der Waals surface area contributed by atoms with Gasteiger partial charge in [0.25, 0.3) is 0 Å². The highest BCUT2D eigenvalue weighted by molar-refractivity contribution is 5.81. The Morgan fingerprint density at radius 2 is 1.87 bits per heavy atom. The van der Waals surface area contributed by atoms with E-state index >= 15 is 0 Å². The first-order valence-corrected chi connectivity index (χ1v) is 9.59. The predicted octanol–water partition coefficient (Wildman–Crippen LogP) is 3.50. The molecule has 2 N–H and O–H groups in total. The molecule has 30 heavy (non-hydrogen) atoms. The maximum absolute atomic E-state index is 12.6. The number of ether oxygens (including phenoxy) is 2. The van der Waals surface area contributed by atoms with Crippen LogP contribution in [0.25, 0.3) is 0 Å². The monoisotopic (exact) mass is 409 g/mol. The molecule has 1 atom stereocenters. The normalized spacial score (nSPS) is 11.5. The summed E-state index contributed by atoms with van der Waals surface area (Å²) < 4.78 is 10.6. The minimum Gasteiger partial charge on any atom is -0.459 e. The Morgan fingerprint density at radius 1 is 1.13 bits per heavy atom. The van der Waals surface area contributed by atoms with Crippen LogP contribution in [0.2, 0.25) is 0 Å². The van der Waals surface area contributed by atoms with Crippen molar-refractivity contribution >= 4 is 17.9 Å². The fourth-order valence-corrected chi connectivity index (χ4v) is 2.34. The van der Waals surface area contributed by atoms with Crippen molar-refractivity contribution in [2.24, 2.45) is 0 Å². The molecule has 2 aromatic rings. The smallest absolute Gasteiger partial charge is 0.408 e. The minimum absolute atomic E-state index is 0.0701. The second-order valence-corrected chi connectivity index (χ2v) is 7.48. The fraction of sp³-hybridized carbons (Fsp3) is 0.348. The van der Waals surface area contributed by atoms with Crippen LogP contribution in [-0.2, 0) is 20.9 Å².